The van der Waals surface area contributed by atoms with Gasteiger partial charge in [0.25, 0.3) is 0 Å². The van der Waals surface area contributed by atoms with Gasteiger partial charge in [-0.1, -0.05) is 146 Å². The quantitative estimate of drug-likeness (QED) is 0.183. The Hall–Kier alpha value is -6.65. The van der Waals surface area contributed by atoms with Crippen molar-refractivity contribution in [1.29, 1.82) is 0 Å². The van der Waals surface area contributed by atoms with Gasteiger partial charge in [-0.3, -0.25) is 0 Å². The zero-order chi connectivity index (χ0) is 32.3. The van der Waals surface area contributed by atoms with E-state index in [0.29, 0.717) is 17.5 Å². The molecule has 0 saturated heterocycles. The molecule has 0 atom stereocenters. The fourth-order valence-electron chi connectivity index (χ4n) is 7.13. The van der Waals surface area contributed by atoms with E-state index in [2.05, 4.69) is 127 Å². The molecule has 4 nitrogen and oxygen atoms in total. The Bertz CT molecular complexity index is 2870. The van der Waals surface area contributed by atoms with E-state index in [9.17, 15) is 0 Å². The van der Waals surface area contributed by atoms with E-state index >= 15 is 0 Å². The molecular formula is C45H27N3O. The van der Waals surface area contributed by atoms with Crippen molar-refractivity contribution in [2.45, 2.75) is 0 Å². The molecule has 2 aromatic heterocycles. The van der Waals surface area contributed by atoms with Crippen LogP contribution in [0.5, 0.6) is 0 Å². The predicted octanol–water partition coefficient (Wildman–Crippen LogP) is 11.9. The summed E-state index contributed by atoms with van der Waals surface area (Å²) in [5, 5.41) is 9.35. The fraction of sp³-hybridized carbons (Fsp3) is 0. The lowest BCUT2D eigenvalue weighted by molar-refractivity contribution is 0.669. The van der Waals surface area contributed by atoms with Crippen molar-refractivity contribution >= 4 is 54.3 Å². The monoisotopic (exact) mass is 625 g/mol. The van der Waals surface area contributed by atoms with Crippen LogP contribution >= 0.6 is 0 Å². The second-order valence-electron chi connectivity index (χ2n) is 12.4. The van der Waals surface area contributed by atoms with Gasteiger partial charge in [-0.15, -0.1) is 0 Å². The molecule has 0 fully saturated rings. The predicted molar refractivity (Wildman–Crippen MR) is 201 cm³/mol. The SMILES string of the molecule is c1ccc(-c2ccc(-c3nc(-c4ccc5c(ccc6ccc7ccccc7c65)c4)nc(-c4cccc5oc6ccccc6c45)n3)cc2)cc1. The number of hydrogen-bond acceptors (Lipinski definition) is 4. The van der Waals surface area contributed by atoms with Gasteiger partial charge in [0.1, 0.15) is 11.2 Å². The van der Waals surface area contributed by atoms with E-state index in [0.717, 1.165) is 49.6 Å². The molecule has 228 valence electrons. The normalized spacial score (nSPS) is 11.7. The van der Waals surface area contributed by atoms with Crippen LogP contribution in [0.2, 0.25) is 0 Å². The number of furan rings is 1. The Morgan fingerprint density at radius 1 is 0.327 bits per heavy atom. The highest BCUT2D eigenvalue weighted by Crippen LogP contribution is 2.38. The number of hydrogen-bond donors (Lipinski definition) is 0. The van der Waals surface area contributed by atoms with Crippen LogP contribution in [0.3, 0.4) is 0 Å². The summed E-state index contributed by atoms with van der Waals surface area (Å²) in [4.78, 5) is 15.4. The topological polar surface area (TPSA) is 51.8 Å². The first kappa shape index (κ1) is 27.5. The van der Waals surface area contributed by atoms with Crippen LogP contribution in [-0.2, 0) is 0 Å². The van der Waals surface area contributed by atoms with Crippen molar-refractivity contribution in [1.82, 2.24) is 15.0 Å². The highest BCUT2D eigenvalue weighted by atomic mass is 16.3. The van der Waals surface area contributed by atoms with E-state index in [1.807, 2.05) is 36.4 Å². The van der Waals surface area contributed by atoms with Crippen molar-refractivity contribution in [3.63, 3.8) is 0 Å². The van der Waals surface area contributed by atoms with Crippen LogP contribution < -0.4 is 0 Å². The highest BCUT2D eigenvalue weighted by molar-refractivity contribution is 6.20. The van der Waals surface area contributed by atoms with Gasteiger partial charge in [0.05, 0.1) is 0 Å². The summed E-state index contributed by atoms with van der Waals surface area (Å²) >= 11 is 0. The van der Waals surface area contributed by atoms with Crippen LogP contribution in [0.1, 0.15) is 0 Å². The Kier molecular flexibility index (Phi) is 6.15. The molecular weight excluding hydrogens is 599 g/mol. The molecule has 0 aliphatic rings. The first-order chi connectivity index (χ1) is 24.3. The summed E-state index contributed by atoms with van der Waals surface area (Å²) in [7, 11) is 0. The van der Waals surface area contributed by atoms with Crippen LogP contribution in [0, 0.1) is 0 Å². The van der Waals surface area contributed by atoms with Crippen LogP contribution in [-0.4, -0.2) is 15.0 Å². The summed E-state index contributed by atoms with van der Waals surface area (Å²) in [6.07, 6.45) is 0. The highest BCUT2D eigenvalue weighted by Gasteiger charge is 2.18. The molecule has 10 aromatic rings. The van der Waals surface area contributed by atoms with E-state index in [4.69, 9.17) is 19.4 Å². The van der Waals surface area contributed by atoms with Crippen molar-refractivity contribution in [3.8, 4) is 45.3 Å². The fourth-order valence-corrected chi connectivity index (χ4v) is 7.13. The van der Waals surface area contributed by atoms with Gasteiger partial charge in [-0.2, -0.15) is 0 Å². The van der Waals surface area contributed by atoms with Crippen LogP contribution in [0.4, 0.5) is 0 Å². The minimum absolute atomic E-state index is 0.605. The van der Waals surface area contributed by atoms with Crippen molar-refractivity contribution in [3.05, 3.63) is 164 Å². The Morgan fingerprint density at radius 3 is 1.78 bits per heavy atom. The minimum Gasteiger partial charge on any atom is -0.456 e. The number of fused-ring (bicyclic) bond motifs is 8. The maximum absolute atomic E-state index is 6.24. The number of aromatic nitrogens is 3. The third-order valence-corrected chi connectivity index (χ3v) is 9.51. The summed E-state index contributed by atoms with van der Waals surface area (Å²) in [5.41, 5.74) is 6.72. The van der Waals surface area contributed by atoms with E-state index in [-0.39, 0.29) is 0 Å². The molecule has 10 rings (SSSR count). The van der Waals surface area contributed by atoms with Gasteiger partial charge in [0.2, 0.25) is 0 Å². The zero-order valence-corrected chi connectivity index (χ0v) is 26.3. The molecule has 0 saturated carbocycles. The number of rotatable bonds is 4. The van der Waals surface area contributed by atoms with Crippen molar-refractivity contribution < 1.29 is 4.42 Å². The third-order valence-electron chi connectivity index (χ3n) is 9.51. The maximum Gasteiger partial charge on any atom is 0.164 e. The minimum atomic E-state index is 0.605. The van der Waals surface area contributed by atoms with Gasteiger partial charge >= 0.3 is 0 Å². The zero-order valence-electron chi connectivity index (χ0n) is 26.3. The number of benzene rings is 8. The van der Waals surface area contributed by atoms with Crippen molar-refractivity contribution in [2.75, 3.05) is 0 Å². The van der Waals surface area contributed by atoms with Gasteiger partial charge in [-0.25, -0.2) is 15.0 Å². The molecule has 0 N–H and O–H groups in total. The standard InChI is InChI=1S/C45H27N3O/c1-2-9-28(10-3-1)29-17-22-32(23-18-29)43-46-44(48-45(47-43)38-14-8-16-40-42(38)37-13-6-7-15-39(37)49-40)34-25-26-36-33(27-34)24-21-31-20-19-30-11-4-5-12-35(30)41(31)36/h1-27H. The van der Waals surface area contributed by atoms with E-state index in [1.54, 1.807) is 0 Å². The second kappa shape index (κ2) is 11.0. The lowest BCUT2D eigenvalue weighted by atomic mass is 9.95. The Morgan fingerprint density at radius 2 is 0.918 bits per heavy atom. The average molecular weight is 626 g/mol. The number of para-hydroxylation sites is 1. The van der Waals surface area contributed by atoms with E-state index < -0.39 is 0 Å². The summed E-state index contributed by atoms with van der Waals surface area (Å²) in [5.74, 6) is 1.85. The smallest absolute Gasteiger partial charge is 0.164 e. The van der Waals surface area contributed by atoms with Crippen molar-refractivity contribution in [2.24, 2.45) is 0 Å². The first-order valence-corrected chi connectivity index (χ1v) is 16.4. The molecule has 0 amide bonds. The van der Waals surface area contributed by atoms with Crippen LogP contribution in [0.15, 0.2) is 168 Å². The molecule has 0 bridgehead atoms. The third kappa shape index (κ3) is 4.57. The Balaban J connectivity index is 1.18. The molecule has 0 aliphatic heterocycles. The van der Waals surface area contributed by atoms with Gasteiger partial charge in [0.15, 0.2) is 17.5 Å². The molecule has 4 heteroatoms. The van der Waals surface area contributed by atoms with Gasteiger partial charge in [0, 0.05) is 27.5 Å². The molecule has 8 aromatic carbocycles. The summed E-state index contributed by atoms with van der Waals surface area (Å²) in [6, 6.07) is 57.0. The molecule has 0 radical (unpaired) electrons. The first-order valence-electron chi connectivity index (χ1n) is 16.4. The largest absolute Gasteiger partial charge is 0.456 e. The summed E-state index contributed by atoms with van der Waals surface area (Å²) in [6.45, 7) is 0. The lowest BCUT2D eigenvalue weighted by Gasteiger charge is -2.12. The van der Waals surface area contributed by atoms with Gasteiger partial charge < -0.3 is 4.42 Å². The summed E-state index contributed by atoms with van der Waals surface area (Å²) < 4.78 is 6.24. The molecule has 49 heavy (non-hydrogen) atoms. The maximum atomic E-state index is 6.24. The molecule has 0 aliphatic carbocycles. The molecule has 2 heterocycles. The molecule has 0 spiro atoms. The van der Waals surface area contributed by atoms with Gasteiger partial charge in [-0.05, 0) is 61.6 Å². The Labute approximate surface area is 282 Å². The molecule has 0 unspecified atom stereocenters. The van der Waals surface area contributed by atoms with Crippen LogP contribution in [0.25, 0.3) is 99.5 Å². The lowest BCUT2D eigenvalue weighted by Crippen LogP contribution is -2.00. The number of nitrogens with zero attached hydrogens (tertiary/aromatic N) is 3. The second-order valence-corrected chi connectivity index (χ2v) is 12.4. The van der Waals surface area contributed by atoms with E-state index in [1.165, 1.54) is 32.5 Å². The average Bonchev–Trinajstić information content (AvgIpc) is 3.57.